The van der Waals surface area contributed by atoms with Crippen molar-refractivity contribution in [3.8, 4) is 0 Å². The molecule has 2 rings (SSSR count). The lowest BCUT2D eigenvalue weighted by molar-refractivity contribution is 0.190. The maximum Gasteiger partial charge on any atom is 0.0451 e. The standard InChI is InChI=1S/C16H24BrClN2/c1-13-5-9-20(10-6-13)8-2-7-19-12-14-11-15(17)3-4-16(14)18/h3-4,11,13,19H,2,5-10,12H2,1H3. The zero-order chi connectivity index (χ0) is 14.4. The highest BCUT2D eigenvalue weighted by molar-refractivity contribution is 9.10. The third-order valence-corrected chi connectivity index (χ3v) is 4.89. The van der Waals surface area contributed by atoms with Gasteiger partial charge in [0.15, 0.2) is 0 Å². The van der Waals surface area contributed by atoms with Crippen LogP contribution in [-0.2, 0) is 6.54 Å². The van der Waals surface area contributed by atoms with Crippen LogP contribution in [0.1, 0.15) is 31.7 Å². The Labute approximate surface area is 136 Å². The van der Waals surface area contributed by atoms with Gasteiger partial charge in [0.2, 0.25) is 0 Å². The van der Waals surface area contributed by atoms with Gasteiger partial charge < -0.3 is 10.2 Å². The van der Waals surface area contributed by atoms with E-state index in [1.807, 2.05) is 12.1 Å². The molecule has 1 aromatic carbocycles. The van der Waals surface area contributed by atoms with Crippen LogP contribution >= 0.6 is 27.5 Å². The van der Waals surface area contributed by atoms with E-state index < -0.39 is 0 Å². The van der Waals surface area contributed by atoms with E-state index in [0.29, 0.717) is 0 Å². The third-order valence-electron chi connectivity index (χ3n) is 4.03. The number of piperidine rings is 1. The summed E-state index contributed by atoms with van der Waals surface area (Å²) in [5, 5.41) is 4.32. The van der Waals surface area contributed by atoms with Gasteiger partial charge in [0, 0.05) is 16.0 Å². The van der Waals surface area contributed by atoms with Crippen molar-refractivity contribution in [1.29, 1.82) is 0 Å². The van der Waals surface area contributed by atoms with Gasteiger partial charge >= 0.3 is 0 Å². The predicted molar refractivity (Wildman–Crippen MR) is 90.3 cm³/mol. The second-order valence-electron chi connectivity index (χ2n) is 5.79. The van der Waals surface area contributed by atoms with Crippen molar-refractivity contribution < 1.29 is 0 Å². The quantitative estimate of drug-likeness (QED) is 0.761. The largest absolute Gasteiger partial charge is 0.313 e. The van der Waals surface area contributed by atoms with Crippen LogP contribution in [0.3, 0.4) is 0 Å². The van der Waals surface area contributed by atoms with Gasteiger partial charge in [-0.2, -0.15) is 0 Å². The first kappa shape index (κ1) is 16.3. The molecular weight excluding hydrogens is 336 g/mol. The Bertz CT molecular complexity index is 417. The van der Waals surface area contributed by atoms with Gasteiger partial charge in [-0.1, -0.05) is 34.5 Å². The van der Waals surface area contributed by atoms with Crippen molar-refractivity contribution in [3.63, 3.8) is 0 Å². The lowest BCUT2D eigenvalue weighted by Gasteiger charge is -2.30. The molecule has 0 aliphatic carbocycles. The molecule has 4 heteroatoms. The van der Waals surface area contributed by atoms with E-state index in [9.17, 15) is 0 Å². The molecular formula is C16H24BrClN2. The Kier molecular flexibility index (Phi) is 6.82. The van der Waals surface area contributed by atoms with Crippen LogP contribution in [0.25, 0.3) is 0 Å². The first-order chi connectivity index (χ1) is 9.65. The fraction of sp³-hybridized carbons (Fsp3) is 0.625. The Hall–Kier alpha value is -0.0900. The van der Waals surface area contributed by atoms with E-state index in [2.05, 4.69) is 39.1 Å². The molecule has 20 heavy (non-hydrogen) atoms. The van der Waals surface area contributed by atoms with Gasteiger partial charge in [0.25, 0.3) is 0 Å². The summed E-state index contributed by atoms with van der Waals surface area (Å²) in [6.45, 7) is 8.02. The van der Waals surface area contributed by atoms with Gasteiger partial charge in [-0.25, -0.2) is 0 Å². The summed E-state index contributed by atoms with van der Waals surface area (Å²) in [4.78, 5) is 2.59. The van der Waals surface area contributed by atoms with Gasteiger partial charge in [-0.05, 0) is 75.1 Å². The van der Waals surface area contributed by atoms with Gasteiger partial charge in [0.1, 0.15) is 0 Å². The van der Waals surface area contributed by atoms with Gasteiger partial charge in [0.05, 0.1) is 0 Å². The highest BCUT2D eigenvalue weighted by Crippen LogP contribution is 2.20. The lowest BCUT2D eigenvalue weighted by atomic mass is 9.99. The van der Waals surface area contributed by atoms with Crippen molar-refractivity contribution >= 4 is 27.5 Å². The molecule has 1 heterocycles. The molecule has 0 radical (unpaired) electrons. The molecule has 0 bridgehead atoms. The Morgan fingerprint density at radius 2 is 2.10 bits per heavy atom. The van der Waals surface area contributed by atoms with E-state index in [0.717, 1.165) is 34.1 Å². The molecule has 0 atom stereocenters. The van der Waals surface area contributed by atoms with E-state index in [1.54, 1.807) is 0 Å². The summed E-state index contributed by atoms with van der Waals surface area (Å²) < 4.78 is 1.08. The number of hydrogen-bond acceptors (Lipinski definition) is 2. The van der Waals surface area contributed by atoms with Crippen molar-refractivity contribution in [2.75, 3.05) is 26.2 Å². The second-order valence-corrected chi connectivity index (χ2v) is 7.11. The minimum atomic E-state index is 0.839. The number of halogens is 2. The monoisotopic (exact) mass is 358 g/mol. The smallest absolute Gasteiger partial charge is 0.0451 e. The number of hydrogen-bond donors (Lipinski definition) is 1. The van der Waals surface area contributed by atoms with E-state index in [4.69, 9.17) is 11.6 Å². The molecule has 0 amide bonds. The van der Waals surface area contributed by atoms with Crippen molar-refractivity contribution in [1.82, 2.24) is 10.2 Å². The number of rotatable bonds is 6. The fourth-order valence-corrected chi connectivity index (χ4v) is 3.21. The molecule has 0 saturated carbocycles. The van der Waals surface area contributed by atoms with E-state index >= 15 is 0 Å². The molecule has 1 N–H and O–H groups in total. The Morgan fingerprint density at radius 3 is 2.85 bits per heavy atom. The molecule has 1 aliphatic heterocycles. The first-order valence-corrected chi connectivity index (χ1v) is 8.69. The lowest BCUT2D eigenvalue weighted by Crippen LogP contribution is -2.34. The van der Waals surface area contributed by atoms with Gasteiger partial charge in [-0.15, -0.1) is 0 Å². The van der Waals surface area contributed by atoms with Crippen LogP contribution in [0, 0.1) is 5.92 Å². The SMILES string of the molecule is CC1CCN(CCCNCc2cc(Br)ccc2Cl)CC1. The fourth-order valence-electron chi connectivity index (χ4n) is 2.62. The number of benzene rings is 1. The summed E-state index contributed by atoms with van der Waals surface area (Å²) in [5.41, 5.74) is 1.16. The zero-order valence-corrected chi connectivity index (χ0v) is 14.5. The summed E-state index contributed by atoms with van der Waals surface area (Å²) in [7, 11) is 0. The summed E-state index contributed by atoms with van der Waals surface area (Å²) in [5.74, 6) is 0.919. The summed E-state index contributed by atoms with van der Waals surface area (Å²) >= 11 is 9.66. The van der Waals surface area contributed by atoms with Crippen molar-refractivity contribution in [2.45, 2.75) is 32.7 Å². The van der Waals surface area contributed by atoms with Crippen LogP contribution in [-0.4, -0.2) is 31.1 Å². The average molecular weight is 360 g/mol. The molecule has 1 fully saturated rings. The third kappa shape index (κ3) is 5.36. The summed E-state index contributed by atoms with van der Waals surface area (Å²) in [6, 6.07) is 6.00. The van der Waals surface area contributed by atoms with Crippen LogP contribution < -0.4 is 5.32 Å². The molecule has 1 aliphatic rings. The highest BCUT2D eigenvalue weighted by atomic mass is 79.9. The molecule has 1 aromatic rings. The molecule has 0 spiro atoms. The number of nitrogens with zero attached hydrogens (tertiary/aromatic N) is 1. The molecule has 112 valence electrons. The molecule has 0 aromatic heterocycles. The number of nitrogens with one attached hydrogen (secondary N) is 1. The molecule has 2 nitrogen and oxygen atoms in total. The first-order valence-electron chi connectivity index (χ1n) is 7.52. The Balaban J connectivity index is 1.61. The van der Waals surface area contributed by atoms with Crippen LogP contribution in [0.4, 0.5) is 0 Å². The highest BCUT2D eigenvalue weighted by Gasteiger charge is 2.14. The topological polar surface area (TPSA) is 15.3 Å². The van der Waals surface area contributed by atoms with Crippen LogP contribution in [0.5, 0.6) is 0 Å². The zero-order valence-electron chi connectivity index (χ0n) is 12.2. The van der Waals surface area contributed by atoms with Crippen molar-refractivity contribution in [3.05, 3.63) is 33.3 Å². The minimum absolute atomic E-state index is 0.839. The molecule has 1 saturated heterocycles. The van der Waals surface area contributed by atoms with Gasteiger partial charge in [-0.3, -0.25) is 0 Å². The van der Waals surface area contributed by atoms with Crippen molar-refractivity contribution in [2.24, 2.45) is 5.92 Å². The number of likely N-dealkylation sites (tertiary alicyclic amines) is 1. The Morgan fingerprint density at radius 1 is 1.35 bits per heavy atom. The normalized spacial score (nSPS) is 17.6. The van der Waals surface area contributed by atoms with E-state index in [-0.39, 0.29) is 0 Å². The van der Waals surface area contributed by atoms with E-state index in [1.165, 1.54) is 38.9 Å². The minimum Gasteiger partial charge on any atom is -0.313 e. The average Bonchev–Trinajstić information content (AvgIpc) is 2.44. The summed E-state index contributed by atoms with van der Waals surface area (Å²) in [6.07, 6.45) is 3.93. The molecule has 0 unspecified atom stereocenters. The maximum atomic E-state index is 6.18. The second kappa shape index (κ2) is 8.38. The predicted octanol–water partition coefficient (Wildman–Crippen LogP) is 4.31. The maximum absolute atomic E-state index is 6.18. The van der Waals surface area contributed by atoms with Crippen LogP contribution in [0.2, 0.25) is 5.02 Å². The van der Waals surface area contributed by atoms with Crippen LogP contribution in [0.15, 0.2) is 22.7 Å².